The molecule has 1 atom stereocenters. The Morgan fingerprint density at radius 2 is 1.52 bits per heavy atom. The highest BCUT2D eigenvalue weighted by Crippen LogP contribution is 2.47. The van der Waals surface area contributed by atoms with Gasteiger partial charge in [-0.1, -0.05) is 15.9 Å². The summed E-state index contributed by atoms with van der Waals surface area (Å²) in [4.78, 5) is 12.3. The standard InChI is InChI=1S/C18H14BrNO5/c19-12-6-16-15(24-8-25-16)3-10(12)9-5-18(21)20-13-7-17-14(4-11(9)13)22-1-2-23-17/h3-4,6-7,9H,1-2,5,8H2,(H,20,21)/t9-/m1/s1. The number of fused-ring (bicyclic) bond motifs is 3. The zero-order valence-electron chi connectivity index (χ0n) is 13.1. The van der Waals surface area contributed by atoms with Crippen LogP contribution < -0.4 is 24.3 Å². The second kappa shape index (κ2) is 5.56. The van der Waals surface area contributed by atoms with Crippen molar-refractivity contribution in [2.75, 3.05) is 25.3 Å². The lowest BCUT2D eigenvalue weighted by Crippen LogP contribution is -2.25. The molecule has 3 aliphatic heterocycles. The number of hydrogen-bond donors (Lipinski definition) is 1. The number of nitrogens with one attached hydrogen (secondary N) is 1. The summed E-state index contributed by atoms with van der Waals surface area (Å²) in [6.45, 7) is 1.25. The SMILES string of the molecule is O=C1C[C@H](c2cc3c(cc2Br)OCO3)c2cc3c(cc2N1)OCCO3. The van der Waals surface area contributed by atoms with Gasteiger partial charge in [0.2, 0.25) is 12.7 Å². The van der Waals surface area contributed by atoms with Crippen LogP contribution in [0.2, 0.25) is 0 Å². The van der Waals surface area contributed by atoms with Crippen LogP contribution in [0.4, 0.5) is 5.69 Å². The molecule has 0 saturated heterocycles. The molecular formula is C18H14BrNO5. The van der Waals surface area contributed by atoms with Crippen LogP contribution in [0.5, 0.6) is 23.0 Å². The van der Waals surface area contributed by atoms with Gasteiger partial charge in [0.15, 0.2) is 23.0 Å². The number of benzene rings is 2. The molecule has 0 bridgehead atoms. The minimum Gasteiger partial charge on any atom is -0.486 e. The Hall–Kier alpha value is -2.41. The zero-order valence-corrected chi connectivity index (χ0v) is 14.7. The maximum Gasteiger partial charge on any atom is 0.231 e. The number of anilines is 1. The molecule has 0 radical (unpaired) electrons. The van der Waals surface area contributed by atoms with Crippen LogP contribution in [0, 0.1) is 0 Å². The second-order valence-electron chi connectivity index (χ2n) is 6.11. The van der Waals surface area contributed by atoms with Gasteiger partial charge in [-0.2, -0.15) is 0 Å². The van der Waals surface area contributed by atoms with Crippen LogP contribution in [0.1, 0.15) is 23.5 Å². The van der Waals surface area contributed by atoms with E-state index in [9.17, 15) is 4.79 Å². The van der Waals surface area contributed by atoms with Crippen molar-refractivity contribution in [3.8, 4) is 23.0 Å². The first-order chi connectivity index (χ1) is 12.2. The highest BCUT2D eigenvalue weighted by atomic mass is 79.9. The molecule has 5 rings (SSSR count). The van der Waals surface area contributed by atoms with Gasteiger partial charge in [0.1, 0.15) is 13.2 Å². The summed E-state index contributed by atoms with van der Waals surface area (Å²) >= 11 is 3.61. The third kappa shape index (κ3) is 2.41. The van der Waals surface area contributed by atoms with E-state index in [-0.39, 0.29) is 18.6 Å². The van der Waals surface area contributed by atoms with E-state index in [0.29, 0.717) is 42.6 Å². The van der Waals surface area contributed by atoms with Gasteiger partial charge in [-0.15, -0.1) is 0 Å². The Balaban J connectivity index is 1.65. The average molecular weight is 404 g/mol. The summed E-state index contributed by atoms with van der Waals surface area (Å²) in [6.07, 6.45) is 0.352. The first-order valence-corrected chi connectivity index (χ1v) is 8.81. The Morgan fingerprint density at radius 1 is 0.880 bits per heavy atom. The van der Waals surface area contributed by atoms with E-state index in [0.717, 1.165) is 21.3 Å². The van der Waals surface area contributed by atoms with Crippen molar-refractivity contribution in [3.63, 3.8) is 0 Å². The molecule has 7 heteroatoms. The number of ether oxygens (including phenoxy) is 4. The number of halogens is 1. The number of hydrogen-bond acceptors (Lipinski definition) is 5. The van der Waals surface area contributed by atoms with Crippen molar-refractivity contribution in [3.05, 3.63) is 39.9 Å². The molecule has 0 unspecified atom stereocenters. The average Bonchev–Trinajstić information content (AvgIpc) is 3.06. The van der Waals surface area contributed by atoms with E-state index in [1.165, 1.54) is 0 Å². The molecule has 25 heavy (non-hydrogen) atoms. The van der Waals surface area contributed by atoms with Crippen molar-refractivity contribution >= 4 is 27.5 Å². The smallest absolute Gasteiger partial charge is 0.231 e. The second-order valence-corrected chi connectivity index (χ2v) is 6.97. The lowest BCUT2D eigenvalue weighted by molar-refractivity contribution is -0.116. The molecule has 2 aromatic carbocycles. The number of amides is 1. The van der Waals surface area contributed by atoms with E-state index < -0.39 is 0 Å². The minimum atomic E-state index is -0.108. The Labute approximate surface area is 152 Å². The lowest BCUT2D eigenvalue weighted by Gasteiger charge is -2.29. The highest BCUT2D eigenvalue weighted by Gasteiger charge is 2.31. The van der Waals surface area contributed by atoms with Gasteiger partial charge in [0, 0.05) is 28.6 Å². The fourth-order valence-electron chi connectivity index (χ4n) is 3.48. The first-order valence-electron chi connectivity index (χ1n) is 8.01. The van der Waals surface area contributed by atoms with Crippen LogP contribution in [-0.2, 0) is 4.79 Å². The van der Waals surface area contributed by atoms with Gasteiger partial charge < -0.3 is 24.3 Å². The van der Waals surface area contributed by atoms with Gasteiger partial charge in [-0.05, 0) is 29.3 Å². The highest BCUT2D eigenvalue weighted by molar-refractivity contribution is 9.10. The predicted molar refractivity (Wildman–Crippen MR) is 92.8 cm³/mol. The molecule has 0 spiro atoms. The molecule has 6 nitrogen and oxygen atoms in total. The number of rotatable bonds is 1. The molecule has 1 amide bonds. The van der Waals surface area contributed by atoms with Gasteiger partial charge in [-0.25, -0.2) is 0 Å². The predicted octanol–water partition coefficient (Wildman–Crippen LogP) is 3.42. The molecule has 3 heterocycles. The normalized spacial score (nSPS) is 20.0. The van der Waals surface area contributed by atoms with E-state index in [4.69, 9.17) is 18.9 Å². The summed E-state index contributed by atoms with van der Waals surface area (Å²) in [5.74, 6) is 2.64. The maximum atomic E-state index is 12.3. The topological polar surface area (TPSA) is 66.0 Å². The Kier molecular flexibility index (Phi) is 3.31. The third-order valence-electron chi connectivity index (χ3n) is 4.62. The minimum absolute atomic E-state index is 0.0289. The number of carbonyl (C=O) groups is 1. The van der Waals surface area contributed by atoms with Gasteiger partial charge in [0.25, 0.3) is 0 Å². The fraction of sp³-hybridized carbons (Fsp3) is 0.278. The monoisotopic (exact) mass is 403 g/mol. The van der Waals surface area contributed by atoms with Crippen molar-refractivity contribution in [1.82, 2.24) is 0 Å². The zero-order chi connectivity index (χ0) is 17.0. The van der Waals surface area contributed by atoms with E-state index in [2.05, 4.69) is 21.2 Å². The summed E-state index contributed by atoms with van der Waals surface area (Å²) in [5, 5.41) is 2.94. The Morgan fingerprint density at radius 3 is 2.32 bits per heavy atom. The molecule has 0 saturated carbocycles. The fourth-order valence-corrected chi connectivity index (χ4v) is 4.07. The van der Waals surface area contributed by atoms with Crippen LogP contribution >= 0.6 is 15.9 Å². The summed E-state index contributed by atoms with van der Waals surface area (Å²) in [5.41, 5.74) is 2.75. The summed E-state index contributed by atoms with van der Waals surface area (Å²) in [7, 11) is 0. The van der Waals surface area contributed by atoms with Gasteiger partial charge >= 0.3 is 0 Å². The van der Waals surface area contributed by atoms with E-state index in [1.807, 2.05) is 24.3 Å². The third-order valence-corrected chi connectivity index (χ3v) is 5.31. The first kappa shape index (κ1) is 14.9. The van der Waals surface area contributed by atoms with Crippen molar-refractivity contribution in [2.45, 2.75) is 12.3 Å². The quantitative estimate of drug-likeness (QED) is 0.789. The summed E-state index contributed by atoms with van der Waals surface area (Å²) < 4.78 is 23.1. The molecular weight excluding hydrogens is 390 g/mol. The van der Waals surface area contributed by atoms with Crippen LogP contribution in [0.3, 0.4) is 0 Å². The van der Waals surface area contributed by atoms with E-state index >= 15 is 0 Å². The molecule has 0 aromatic heterocycles. The molecule has 128 valence electrons. The van der Waals surface area contributed by atoms with Crippen LogP contribution in [-0.4, -0.2) is 25.9 Å². The molecule has 3 aliphatic rings. The Bertz CT molecular complexity index is 898. The molecule has 1 N–H and O–H groups in total. The van der Waals surface area contributed by atoms with Crippen molar-refractivity contribution in [2.24, 2.45) is 0 Å². The lowest BCUT2D eigenvalue weighted by atomic mass is 9.84. The largest absolute Gasteiger partial charge is 0.486 e. The van der Waals surface area contributed by atoms with Crippen molar-refractivity contribution < 1.29 is 23.7 Å². The number of carbonyl (C=O) groups excluding carboxylic acids is 1. The maximum absolute atomic E-state index is 12.3. The van der Waals surface area contributed by atoms with Gasteiger partial charge in [-0.3, -0.25) is 4.79 Å². The molecule has 0 fully saturated rings. The van der Waals surface area contributed by atoms with Gasteiger partial charge in [0.05, 0.1) is 0 Å². The van der Waals surface area contributed by atoms with Crippen LogP contribution in [0.15, 0.2) is 28.7 Å². The van der Waals surface area contributed by atoms with Crippen LogP contribution in [0.25, 0.3) is 0 Å². The molecule has 2 aromatic rings. The van der Waals surface area contributed by atoms with E-state index in [1.54, 1.807) is 0 Å². The summed E-state index contributed by atoms with van der Waals surface area (Å²) in [6, 6.07) is 7.64. The van der Waals surface area contributed by atoms with Crippen molar-refractivity contribution in [1.29, 1.82) is 0 Å². The molecule has 0 aliphatic carbocycles.